The predicted molar refractivity (Wildman–Crippen MR) is 236 cm³/mol. The van der Waals surface area contributed by atoms with E-state index in [4.69, 9.17) is 17.4 Å². The number of ether oxygens (including phenoxy) is 1. The monoisotopic (exact) mass is 757 g/mol. The first kappa shape index (κ1) is 32.7. The van der Waals surface area contributed by atoms with Crippen LogP contribution < -0.4 is 24.8 Å². The van der Waals surface area contributed by atoms with Crippen molar-refractivity contribution < 1.29 is 4.74 Å². The standard InChI is InChI=1S/C53H44N2OS/c57-31-34-11-1-2-14-37(34)50-42-27-35-25-32-12-7-21-54-23-9-15-38(51(32)54)40(35)29-46(42)53(44-17-3-5-19-48(44)56-49-20-6-4-18-45(49)53)47-30-41-36(28-43(47)50)26-33-13-8-22-55-24-10-16-39(41)52(33)55/h1-6,11,14,17-20,25-30H,7-10,12-13,15-16,21-24,31H2/p+1. The second-order valence-electron chi connectivity index (χ2n) is 17.4. The first-order chi connectivity index (χ1) is 28.2. The van der Waals surface area contributed by atoms with Crippen LogP contribution in [0.3, 0.4) is 0 Å². The molecule has 7 aromatic carbocycles. The van der Waals surface area contributed by atoms with Gasteiger partial charge in [0.25, 0.3) is 0 Å². The first-order valence-electron chi connectivity index (χ1n) is 21.4. The summed E-state index contributed by atoms with van der Waals surface area (Å²) in [6.07, 6.45) is 9.45. The number of para-hydroxylation sites is 2. The molecule has 6 aliphatic rings. The smallest absolute Gasteiger partial charge is 0.206 e. The number of hydrogen-bond donors (Lipinski definition) is 1. The topological polar surface area (TPSA) is 15.5 Å². The molecule has 0 N–H and O–H groups in total. The van der Waals surface area contributed by atoms with Gasteiger partial charge < -0.3 is 9.64 Å². The third-order valence-electron chi connectivity index (χ3n) is 14.6. The third-order valence-corrected chi connectivity index (χ3v) is 14.9. The van der Waals surface area contributed by atoms with E-state index in [-0.39, 0.29) is 0 Å². The van der Waals surface area contributed by atoms with E-state index in [9.17, 15) is 0 Å². The Hall–Kier alpha value is -5.32. The van der Waals surface area contributed by atoms with Gasteiger partial charge in [0.05, 0.1) is 5.41 Å². The van der Waals surface area contributed by atoms with Gasteiger partial charge in [0, 0.05) is 59.6 Å². The molecule has 3 nitrogen and oxygen atoms in total. The van der Waals surface area contributed by atoms with Crippen molar-refractivity contribution >= 4 is 45.4 Å². The van der Waals surface area contributed by atoms with Crippen LogP contribution in [0.1, 0.15) is 86.9 Å². The van der Waals surface area contributed by atoms with Gasteiger partial charge in [0.2, 0.25) is 5.36 Å². The van der Waals surface area contributed by atoms with Gasteiger partial charge in [-0.15, -0.1) is 0 Å². The molecule has 0 aromatic heterocycles. The molecule has 0 atom stereocenters. The highest BCUT2D eigenvalue weighted by atomic mass is 32.1. The molecule has 57 heavy (non-hydrogen) atoms. The highest BCUT2D eigenvalue weighted by molar-refractivity contribution is 7.79. The van der Waals surface area contributed by atoms with E-state index in [1.165, 1.54) is 145 Å². The number of anilines is 1. The molecule has 0 saturated heterocycles. The summed E-state index contributed by atoms with van der Waals surface area (Å²) in [5.41, 5.74) is 17.5. The molecule has 0 amide bonds. The summed E-state index contributed by atoms with van der Waals surface area (Å²) in [6.45, 7) is 4.67. The fourth-order valence-electron chi connectivity index (χ4n) is 12.4. The Kier molecular flexibility index (Phi) is 6.95. The lowest BCUT2D eigenvalue weighted by molar-refractivity contribution is 0.433. The molecule has 0 bridgehead atoms. The molecule has 0 radical (unpaired) electrons. The van der Waals surface area contributed by atoms with Gasteiger partial charge in [-0.2, -0.15) is 12.6 Å². The van der Waals surface area contributed by atoms with Gasteiger partial charge in [-0.25, -0.2) is 4.58 Å². The summed E-state index contributed by atoms with van der Waals surface area (Å²) < 4.78 is 9.61. The predicted octanol–water partition coefficient (Wildman–Crippen LogP) is 9.55. The summed E-state index contributed by atoms with van der Waals surface area (Å²) in [6, 6.07) is 42.5. The number of nitrogens with zero attached hydrogens (tertiary/aromatic N) is 2. The molecule has 7 aromatic rings. The molecule has 1 aliphatic carbocycles. The maximum atomic E-state index is 6.91. The maximum Gasteiger partial charge on any atom is 0.206 e. The van der Waals surface area contributed by atoms with Crippen LogP contribution >= 0.6 is 12.6 Å². The number of aryl methyl sites for hydroxylation is 4. The summed E-state index contributed by atoms with van der Waals surface area (Å²) in [5, 5.41) is 8.45. The van der Waals surface area contributed by atoms with E-state index >= 15 is 0 Å². The van der Waals surface area contributed by atoms with E-state index in [2.05, 4.69) is 119 Å². The molecule has 0 fully saturated rings. The van der Waals surface area contributed by atoms with Crippen LogP contribution in [0.15, 0.2) is 109 Å². The van der Waals surface area contributed by atoms with Crippen molar-refractivity contribution in [2.45, 2.75) is 62.5 Å². The summed E-state index contributed by atoms with van der Waals surface area (Å²) in [7, 11) is 0. The van der Waals surface area contributed by atoms with E-state index in [1.54, 1.807) is 11.1 Å². The second-order valence-corrected chi connectivity index (χ2v) is 17.7. The largest absolute Gasteiger partial charge is 0.457 e. The van der Waals surface area contributed by atoms with Gasteiger partial charge in [-0.05, 0) is 158 Å². The summed E-state index contributed by atoms with van der Waals surface area (Å²) in [4.78, 5) is 2.70. The van der Waals surface area contributed by atoms with Crippen molar-refractivity contribution in [3.63, 3.8) is 0 Å². The molecule has 5 aliphatic heterocycles. The van der Waals surface area contributed by atoms with Gasteiger partial charge in [0.1, 0.15) is 24.6 Å². The Labute approximate surface area is 339 Å². The lowest BCUT2D eigenvalue weighted by Crippen LogP contribution is -2.44. The Balaban J connectivity index is 1.29. The number of rotatable bonds is 2. The van der Waals surface area contributed by atoms with Crippen LogP contribution in [0.5, 0.6) is 11.5 Å². The average molecular weight is 758 g/mol. The van der Waals surface area contributed by atoms with Gasteiger partial charge in [0.15, 0.2) is 0 Å². The molecule has 0 saturated carbocycles. The van der Waals surface area contributed by atoms with Crippen LogP contribution in [-0.4, -0.2) is 26.2 Å². The minimum atomic E-state index is -0.605. The van der Waals surface area contributed by atoms with E-state index in [0.29, 0.717) is 5.75 Å². The molecule has 4 heteroatoms. The van der Waals surface area contributed by atoms with Gasteiger partial charge >= 0.3 is 0 Å². The van der Waals surface area contributed by atoms with E-state index in [0.717, 1.165) is 37.2 Å². The number of hydrogen-bond acceptors (Lipinski definition) is 3. The van der Waals surface area contributed by atoms with Crippen molar-refractivity contribution in [3.8, 4) is 11.5 Å². The van der Waals surface area contributed by atoms with Crippen molar-refractivity contribution in [3.05, 3.63) is 181 Å². The molecular formula is C53H45N2OS+. The van der Waals surface area contributed by atoms with E-state index < -0.39 is 5.41 Å². The zero-order chi connectivity index (χ0) is 37.4. The SMILES string of the molecule is SCc1ccccc1C1=c2cc3cc4c5c(c3cc2C2(c3ccccc3Oc3ccccc32)c2cc3c6c7c(cc3cc21)CCCN7CCC6)CCC[N+]=5CCC4. The molecular weight excluding hydrogens is 713 g/mol. The molecule has 0 unspecified atom stereocenters. The molecule has 1 spiro atoms. The third kappa shape index (κ3) is 4.38. The normalized spacial score (nSPS) is 18.0. The lowest BCUT2D eigenvalue weighted by Gasteiger charge is -2.45. The highest BCUT2D eigenvalue weighted by Gasteiger charge is 2.50. The van der Waals surface area contributed by atoms with Crippen LogP contribution in [0.25, 0.3) is 27.1 Å². The first-order valence-corrected chi connectivity index (χ1v) is 22.0. The Morgan fingerprint density at radius 2 is 1.25 bits per heavy atom. The Morgan fingerprint density at radius 1 is 0.596 bits per heavy atom. The minimum Gasteiger partial charge on any atom is -0.457 e. The van der Waals surface area contributed by atoms with Crippen molar-refractivity contribution in [2.24, 2.45) is 0 Å². The minimum absolute atomic E-state index is 0.605. The lowest BCUT2D eigenvalue weighted by atomic mass is 9.58. The average Bonchev–Trinajstić information content (AvgIpc) is 3.26. The van der Waals surface area contributed by atoms with E-state index in [1.807, 2.05) is 0 Å². The Morgan fingerprint density at radius 3 is 2.07 bits per heavy atom. The zero-order valence-electron chi connectivity index (χ0n) is 32.3. The molecule has 13 rings (SSSR count). The zero-order valence-corrected chi connectivity index (χ0v) is 33.2. The van der Waals surface area contributed by atoms with Crippen molar-refractivity contribution in [2.75, 3.05) is 31.1 Å². The maximum absolute atomic E-state index is 6.91. The van der Waals surface area contributed by atoms with Gasteiger partial charge in [-0.1, -0.05) is 60.7 Å². The number of benzene rings is 7. The van der Waals surface area contributed by atoms with Crippen LogP contribution in [-0.2, 0) is 36.9 Å². The summed E-state index contributed by atoms with van der Waals surface area (Å²) in [5.74, 6) is 2.57. The van der Waals surface area contributed by atoms with Crippen LogP contribution in [0, 0.1) is 0 Å². The highest BCUT2D eigenvalue weighted by Crippen LogP contribution is 2.59. The number of thiol groups is 1. The van der Waals surface area contributed by atoms with Gasteiger partial charge in [-0.3, -0.25) is 0 Å². The summed E-state index contributed by atoms with van der Waals surface area (Å²) >= 11 is 4.98. The van der Waals surface area contributed by atoms with Crippen molar-refractivity contribution in [1.82, 2.24) is 4.58 Å². The van der Waals surface area contributed by atoms with Crippen molar-refractivity contribution in [1.29, 1.82) is 0 Å². The molecule has 278 valence electrons. The molecule has 5 heterocycles. The van der Waals surface area contributed by atoms with Crippen LogP contribution in [0.4, 0.5) is 5.69 Å². The fourth-order valence-corrected chi connectivity index (χ4v) is 12.7. The fraction of sp³-hybridized carbons (Fsp3) is 0.264. The Bertz CT molecular complexity index is 3020. The second kappa shape index (κ2) is 12.1. The van der Waals surface area contributed by atoms with Crippen LogP contribution in [0.2, 0.25) is 0 Å². The number of fused-ring (bicyclic) bond motifs is 12. The quantitative estimate of drug-likeness (QED) is 0.140.